The number of aromatic hydroxyl groups is 1. The highest BCUT2D eigenvalue weighted by Crippen LogP contribution is 2.40. The number of para-hydroxylation sites is 2. The second-order valence-electron chi connectivity index (χ2n) is 7.75. The summed E-state index contributed by atoms with van der Waals surface area (Å²) >= 11 is 1.12. The van der Waals surface area contributed by atoms with Crippen molar-refractivity contribution in [1.82, 2.24) is 0 Å². The Bertz CT molecular complexity index is 1360. The lowest BCUT2D eigenvalue weighted by Crippen LogP contribution is -1.99. The van der Waals surface area contributed by atoms with E-state index in [4.69, 9.17) is 9.58 Å². The van der Waals surface area contributed by atoms with Gasteiger partial charge in [0, 0.05) is 18.1 Å². The molecule has 0 heterocycles. The van der Waals surface area contributed by atoms with Crippen LogP contribution in [0.4, 0.5) is 5.69 Å². The SMILES string of the molecule is CCc1cccc(Cc2cccc(CC)c2OSc2cccc3ccc([N+]#N)c([O-])c23)c1O. The smallest absolute Gasteiger partial charge is 0.378 e. The first-order valence-electron chi connectivity index (χ1n) is 10.9. The Balaban J connectivity index is 1.71. The third kappa shape index (κ3) is 4.46. The molecule has 0 spiro atoms. The van der Waals surface area contributed by atoms with Crippen LogP contribution in [0.15, 0.2) is 71.6 Å². The van der Waals surface area contributed by atoms with Crippen molar-refractivity contribution in [3.8, 4) is 17.2 Å². The Morgan fingerprint density at radius 2 is 1.55 bits per heavy atom. The third-order valence-electron chi connectivity index (χ3n) is 5.79. The molecule has 0 amide bonds. The number of phenolic OH excluding ortho intramolecular Hbond substituents is 1. The summed E-state index contributed by atoms with van der Waals surface area (Å²) in [5.74, 6) is 0.719. The van der Waals surface area contributed by atoms with Gasteiger partial charge < -0.3 is 14.4 Å². The molecule has 4 aromatic rings. The molecule has 0 unspecified atom stereocenters. The second kappa shape index (κ2) is 9.85. The average Bonchev–Trinajstić information content (AvgIpc) is 2.84. The molecule has 4 aromatic carbocycles. The van der Waals surface area contributed by atoms with Crippen molar-refractivity contribution in [1.29, 1.82) is 5.39 Å². The number of fused-ring (bicyclic) bond motifs is 1. The molecule has 1 N–H and O–H groups in total. The van der Waals surface area contributed by atoms with Crippen molar-refractivity contribution in [3.05, 3.63) is 94.0 Å². The molecule has 0 fully saturated rings. The summed E-state index contributed by atoms with van der Waals surface area (Å²) in [5.41, 5.74) is 3.76. The number of aryl methyl sites for hydroxylation is 2. The zero-order chi connectivity index (χ0) is 23.4. The fourth-order valence-electron chi connectivity index (χ4n) is 3.98. The fourth-order valence-corrected chi connectivity index (χ4v) is 4.79. The number of phenols is 1. The Labute approximate surface area is 197 Å². The first-order valence-corrected chi connectivity index (χ1v) is 11.6. The standard InChI is InChI=1S/C27H24N2O3S/c1-3-17-8-5-11-20(25(17)30)16-21-12-6-9-18(4-2)27(21)32-33-23-13-7-10-19-14-15-22(29-28)26(31)24(19)23/h5-15H,3-4,16H2,1-2H3,(H-,30,31). The summed E-state index contributed by atoms with van der Waals surface area (Å²) in [6, 6.07) is 20.6. The number of hydrogen-bond acceptors (Lipinski definition) is 5. The van der Waals surface area contributed by atoms with E-state index >= 15 is 0 Å². The average molecular weight is 457 g/mol. The lowest BCUT2D eigenvalue weighted by atomic mass is 9.97. The molecule has 0 aliphatic heterocycles. The van der Waals surface area contributed by atoms with Crippen molar-refractivity contribution >= 4 is 28.5 Å². The van der Waals surface area contributed by atoms with E-state index in [9.17, 15) is 10.2 Å². The Kier molecular flexibility index (Phi) is 6.71. The van der Waals surface area contributed by atoms with Gasteiger partial charge in [-0.2, -0.15) is 0 Å². The van der Waals surface area contributed by atoms with E-state index in [0.29, 0.717) is 22.5 Å². The zero-order valence-corrected chi connectivity index (χ0v) is 19.4. The highest BCUT2D eigenvalue weighted by atomic mass is 32.2. The zero-order valence-electron chi connectivity index (χ0n) is 18.5. The molecular weight excluding hydrogens is 432 g/mol. The minimum absolute atomic E-state index is 0.00326. The van der Waals surface area contributed by atoms with Gasteiger partial charge in [-0.1, -0.05) is 62.4 Å². The molecule has 0 aromatic heterocycles. The van der Waals surface area contributed by atoms with Crippen LogP contribution in [-0.4, -0.2) is 5.11 Å². The first kappa shape index (κ1) is 22.5. The van der Waals surface area contributed by atoms with Crippen molar-refractivity contribution < 1.29 is 14.4 Å². The molecule has 4 rings (SSSR count). The van der Waals surface area contributed by atoms with E-state index in [-0.39, 0.29) is 11.4 Å². The predicted molar refractivity (Wildman–Crippen MR) is 131 cm³/mol. The van der Waals surface area contributed by atoms with Crippen LogP contribution < -0.4 is 9.29 Å². The van der Waals surface area contributed by atoms with E-state index in [1.807, 2.05) is 61.5 Å². The summed E-state index contributed by atoms with van der Waals surface area (Å²) in [5, 5.41) is 33.8. The van der Waals surface area contributed by atoms with Crippen molar-refractivity contribution in [2.45, 2.75) is 38.0 Å². The Morgan fingerprint density at radius 1 is 0.879 bits per heavy atom. The Hall–Kier alpha value is -3.69. The van der Waals surface area contributed by atoms with Gasteiger partial charge in [-0.15, -0.1) is 0 Å². The van der Waals surface area contributed by atoms with Crippen LogP contribution in [0.5, 0.6) is 17.2 Å². The molecule has 0 aliphatic carbocycles. The summed E-state index contributed by atoms with van der Waals surface area (Å²) in [7, 11) is 0. The fraction of sp³-hybridized carbons (Fsp3) is 0.185. The van der Waals surface area contributed by atoms with E-state index < -0.39 is 0 Å². The molecule has 0 bridgehead atoms. The van der Waals surface area contributed by atoms with Crippen molar-refractivity contribution in [3.63, 3.8) is 0 Å². The molecule has 0 atom stereocenters. The number of hydrogen-bond donors (Lipinski definition) is 1. The highest BCUT2D eigenvalue weighted by Gasteiger charge is 2.16. The van der Waals surface area contributed by atoms with Gasteiger partial charge in [-0.3, -0.25) is 0 Å². The van der Waals surface area contributed by atoms with Gasteiger partial charge in [-0.05, 0) is 58.2 Å². The molecule has 0 saturated carbocycles. The van der Waals surface area contributed by atoms with Gasteiger partial charge in [0.15, 0.2) is 4.98 Å². The molecule has 0 radical (unpaired) electrons. The molecule has 0 saturated heterocycles. The quantitative estimate of drug-likeness (QED) is 0.241. The van der Waals surface area contributed by atoms with Crippen LogP contribution >= 0.6 is 12.0 Å². The van der Waals surface area contributed by atoms with Crippen molar-refractivity contribution in [2.24, 2.45) is 0 Å². The number of diazo groups is 1. The van der Waals surface area contributed by atoms with Crippen LogP contribution in [0.1, 0.15) is 36.1 Å². The second-order valence-corrected chi connectivity index (χ2v) is 8.52. The van der Waals surface area contributed by atoms with Gasteiger partial charge in [0.25, 0.3) is 0 Å². The van der Waals surface area contributed by atoms with Crippen molar-refractivity contribution in [2.75, 3.05) is 0 Å². The maximum Gasteiger partial charge on any atom is 0.378 e. The predicted octanol–water partition coefficient (Wildman–Crippen LogP) is 6.91. The monoisotopic (exact) mass is 456 g/mol. The van der Waals surface area contributed by atoms with Gasteiger partial charge in [0.05, 0.1) is 16.9 Å². The van der Waals surface area contributed by atoms with Gasteiger partial charge >= 0.3 is 5.69 Å². The number of rotatable bonds is 7. The van der Waals surface area contributed by atoms with Crippen LogP contribution in [0.25, 0.3) is 15.7 Å². The maximum atomic E-state index is 12.8. The first-order chi connectivity index (χ1) is 16.1. The van der Waals surface area contributed by atoms with Gasteiger partial charge in [0.2, 0.25) is 5.39 Å². The van der Waals surface area contributed by atoms with E-state index in [0.717, 1.165) is 58.3 Å². The normalized spacial score (nSPS) is 10.8. The molecule has 166 valence electrons. The van der Waals surface area contributed by atoms with Crippen LogP contribution in [0.3, 0.4) is 0 Å². The number of benzene rings is 4. The third-order valence-corrected chi connectivity index (χ3v) is 6.56. The molecule has 33 heavy (non-hydrogen) atoms. The molecule has 5 nitrogen and oxygen atoms in total. The molecule has 6 heteroatoms. The highest BCUT2D eigenvalue weighted by molar-refractivity contribution is 7.95. The van der Waals surface area contributed by atoms with E-state index in [1.54, 1.807) is 6.07 Å². The summed E-state index contributed by atoms with van der Waals surface area (Å²) < 4.78 is 6.25. The van der Waals surface area contributed by atoms with Gasteiger partial charge in [-0.25, -0.2) is 0 Å². The number of nitrogens with zero attached hydrogens (tertiary/aromatic N) is 2. The van der Waals surface area contributed by atoms with Crippen LogP contribution in [-0.2, 0) is 19.3 Å². The largest absolute Gasteiger partial charge is 0.867 e. The minimum atomic E-state index is -0.341. The Morgan fingerprint density at radius 3 is 2.27 bits per heavy atom. The van der Waals surface area contributed by atoms with Crippen LogP contribution in [0.2, 0.25) is 0 Å². The minimum Gasteiger partial charge on any atom is -0.867 e. The van der Waals surface area contributed by atoms with Gasteiger partial charge in [0.1, 0.15) is 11.5 Å². The lowest BCUT2D eigenvalue weighted by Gasteiger charge is -2.17. The lowest BCUT2D eigenvalue weighted by molar-refractivity contribution is -0.264. The molecular formula is C27H24N2O3S. The summed E-state index contributed by atoms with van der Waals surface area (Å²) in [6.45, 7) is 4.08. The maximum absolute atomic E-state index is 12.8. The van der Waals surface area contributed by atoms with Crippen LogP contribution in [0, 0.1) is 5.39 Å². The molecule has 0 aliphatic rings. The van der Waals surface area contributed by atoms with E-state index in [1.165, 1.54) is 6.07 Å². The van der Waals surface area contributed by atoms with E-state index in [2.05, 4.69) is 11.9 Å². The summed E-state index contributed by atoms with van der Waals surface area (Å²) in [4.78, 5) is 3.75. The topological polar surface area (TPSA) is 80.7 Å². The summed E-state index contributed by atoms with van der Waals surface area (Å²) in [6.07, 6.45) is 2.06.